The molecule has 0 saturated carbocycles. The molecule has 2 unspecified atom stereocenters. The Morgan fingerprint density at radius 2 is 2.04 bits per heavy atom. The number of likely N-dealkylation sites (tertiary alicyclic amines) is 1. The van der Waals surface area contributed by atoms with Crippen LogP contribution in [0, 0.1) is 5.92 Å². The second kappa shape index (κ2) is 8.76. The van der Waals surface area contributed by atoms with E-state index in [0.29, 0.717) is 31.1 Å². The predicted molar refractivity (Wildman–Crippen MR) is 91.6 cm³/mol. The van der Waals surface area contributed by atoms with Gasteiger partial charge in [-0.05, 0) is 43.0 Å². The molecule has 8 heteroatoms. The number of nitrogens with one attached hydrogen (secondary N) is 2. The van der Waals surface area contributed by atoms with Gasteiger partial charge in [0.15, 0.2) is 0 Å². The molecule has 0 bridgehead atoms. The molecular weight excluding hydrogens is 355 g/mol. The van der Waals surface area contributed by atoms with Gasteiger partial charge in [-0.3, -0.25) is 4.90 Å². The third-order valence-electron chi connectivity index (χ3n) is 4.31. The summed E-state index contributed by atoms with van der Waals surface area (Å²) in [5, 5.41) is 6.29. The van der Waals surface area contributed by atoms with Crippen molar-refractivity contribution in [2.75, 3.05) is 26.2 Å². The largest absolute Gasteiger partial charge is 0.401 e. The Labute approximate surface area is 150 Å². The minimum atomic E-state index is -4.17. The van der Waals surface area contributed by atoms with Crippen molar-refractivity contribution in [2.45, 2.75) is 32.0 Å². The van der Waals surface area contributed by atoms with Crippen LogP contribution in [0.25, 0.3) is 0 Å². The maximum atomic E-state index is 12.4. The van der Waals surface area contributed by atoms with Gasteiger partial charge >= 0.3 is 12.2 Å². The van der Waals surface area contributed by atoms with Crippen LogP contribution >= 0.6 is 11.6 Å². The van der Waals surface area contributed by atoms with Crippen LogP contribution in [0.5, 0.6) is 0 Å². The molecule has 2 N–H and O–H groups in total. The SMILES string of the molecule is CCC(NC(=O)NCC1CCN(CC(F)(F)F)C1)c1ccc(Cl)cc1. The van der Waals surface area contributed by atoms with E-state index in [1.54, 1.807) is 12.1 Å². The Bertz CT molecular complexity index is 565. The Kier molecular flexibility index (Phi) is 6.95. The van der Waals surface area contributed by atoms with Crippen LogP contribution in [0.4, 0.5) is 18.0 Å². The summed E-state index contributed by atoms with van der Waals surface area (Å²) in [6.07, 6.45) is -2.80. The van der Waals surface area contributed by atoms with Crippen molar-refractivity contribution in [1.29, 1.82) is 0 Å². The van der Waals surface area contributed by atoms with Crippen molar-refractivity contribution in [1.82, 2.24) is 15.5 Å². The number of carbonyl (C=O) groups excluding carboxylic acids is 1. The molecule has 2 atom stereocenters. The van der Waals surface area contributed by atoms with Gasteiger partial charge in [0.05, 0.1) is 12.6 Å². The fraction of sp³-hybridized carbons (Fsp3) is 0.588. The first-order chi connectivity index (χ1) is 11.8. The molecule has 2 amide bonds. The van der Waals surface area contributed by atoms with Crippen molar-refractivity contribution in [3.05, 3.63) is 34.9 Å². The molecule has 0 radical (unpaired) electrons. The lowest BCUT2D eigenvalue weighted by molar-refractivity contribution is -0.143. The summed E-state index contributed by atoms with van der Waals surface area (Å²) in [4.78, 5) is 13.5. The monoisotopic (exact) mass is 377 g/mol. The smallest absolute Gasteiger partial charge is 0.338 e. The van der Waals surface area contributed by atoms with Crippen molar-refractivity contribution < 1.29 is 18.0 Å². The van der Waals surface area contributed by atoms with E-state index in [1.807, 2.05) is 19.1 Å². The molecule has 1 fully saturated rings. The average molecular weight is 378 g/mol. The normalized spacial score (nSPS) is 19.6. The van der Waals surface area contributed by atoms with Gasteiger partial charge in [0.1, 0.15) is 0 Å². The topological polar surface area (TPSA) is 44.4 Å². The number of hydrogen-bond acceptors (Lipinski definition) is 2. The summed E-state index contributed by atoms with van der Waals surface area (Å²) in [5.41, 5.74) is 0.958. The second-order valence-corrected chi connectivity index (χ2v) is 6.81. The highest BCUT2D eigenvalue weighted by molar-refractivity contribution is 6.30. The Morgan fingerprint density at radius 1 is 1.36 bits per heavy atom. The number of hydrogen-bond donors (Lipinski definition) is 2. The maximum Gasteiger partial charge on any atom is 0.401 e. The third kappa shape index (κ3) is 6.74. The molecule has 25 heavy (non-hydrogen) atoms. The number of amides is 2. The molecule has 1 saturated heterocycles. The second-order valence-electron chi connectivity index (χ2n) is 6.37. The zero-order valence-corrected chi connectivity index (χ0v) is 14.8. The third-order valence-corrected chi connectivity index (χ3v) is 4.56. The van der Waals surface area contributed by atoms with E-state index in [1.165, 1.54) is 4.90 Å². The van der Waals surface area contributed by atoms with E-state index >= 15 is 0 Å². The number of nitrogens with zero attached hydrogens (tertiary/aromatic N) is 1. The van der Waals surface area contributed by atoms with E-state index < -0.39 is 12.7 Å². The van der Waals surface area contributed by atoms with Crippen LogP contribution in [0.1, 0.15) is 31.4 Å². The zero-order valence-electron chi connectivity index (χ0n) is 14.1. The quantitative estimate of drug-likeness (QED) is 0.787. The van der Waals surface area contributed by atoms with Gasteiger partial charge in [-0.15, -0.1) is 0 Å². The molecule has 4 nitrogen and oxygen atoms in total. The Balaban J connectivity index is 1.75. The Morgan fingerprint density at radius 3 is 2.64 bits per heavy atom. The maximum absolute atomic E-state index is 12.4. The molecule has 1 aromatic carbocycles. The summed E-state index contributed by atoms with van der Waals surface area (Å²) < 4.78 is 37.2. The standard InChI is InChI=1S/C17H23ClF3N3O/c1-2-15(13-3-5-14(18)6-4-13)23-16(25)22-9-12-7-8-24(10-12)11-17(19,20)21/h3-6,12,15H,2,7-11H2,1H3,(H2,22,23,25). The molecule has 1 aromatic rings. The van der Waals surface area contributed by atoms with Crippen molar-refractivity contribution >= 4 is 17.6 Å². The highest BCUT2D eigenvalue weighted by atomic mass is 35.5. The van der Waals surface area contributed by atoms with Gasteiger partial charge < -0.3 is 10.6 Å². The molecule has 1 aliphatic rings. The van der Waals surface area contributed by atoms with Crippen LogP contribution in [-0.2, 0) is 0 Å². The van der Waals surface area contributed by atoms with Crippen molar-refractivity contribution in [3.8, 4) is 0 Å². The van der Waals surface area contributed by atoms with E-state index in [4.69, 9.17) is 11.6 Å². The summed E-state index contributed by atoms with van der Waals surface area (Å²) in [5.74, 6) is 0.0451. The van der Waals surface area contributed by atoms with E-state index in [-0.39, 0.29) is 18.0 Å². The van der Waals surface area contributed by atoms with Crippen LogP contribution in [0.2, 0.25) is 5.02 Å². The first-order valence-electron chi connectivity index (χ1n) is 8.35. The fourth-order valence-corrected chi connectivity index (χ4v) is 3.17. The van der Waals surface area contributed by atoms with Gasteiger partial charge in [0.2, 0.25) is 0 Å². The first kappa shape index (κ1) is 19.8. The van der Waals surface area contributed by atoms with Crippen molar-refractivity contribution in [2.24, 2.45) is 5.92 Å². The molecule has 0 aliphatic carbocycles. The zero-order chi connectivity index (χ0) is 18.4. The van der Waals surface area contributed by atoms with E-state index in [9.17, 15) is 18.0 Å². The lowest BCUT2D eigenvalue weighted by Crippen LogP contribution is -2.40. The number of halogens is 4. The van der Waals surface area contributed by atoms with E-state index in [2.05, 4.69) is 10.6 Å². The molecule has 2 rings (SSSR count). The lowest BCUT2D eigenvalue weighted by atomic mass is 10.1. The van der Waals surface area contributed by atoms with Crippen LogP contribution in [0.3, 0.4) is 0 Å². The van der Waals surface area contributed by atoms with Crippen LogP contribution in [0.15, 0.2) is 24.3 Å². The molecular formula is C17H23ClF3N3O. The highest BCUT2D eigenvalue weighted by Gasteiger charge is 2.34. The number of carbonyl (C=O) groups is 1. The van der Waals surface area contributed by atoms with E-state index in [0.717, 1.165) is 12.0 Å². The molecule has 1 aliphatic heterocycles. The Hall–Kier alpha value is -1.47. The lowest BCUT2D eigenvalue weighted by Gasteiger charge is -2.20. The summed E-state index contributed by atoms with van der Waals surface area (Å²) in [6, 6.07) is 6.82. The number of urea groups is 1. The van der Waals surface area contributed by atoms with Gasteiger partial charge in [0, 0.05) is 18.1 Å². The number of alkyl halides is 3. The van der Waals surface area contributed by atoms with Gasteiger partial charge in [0.25, 0.3) is 0 Å². The molecule has 0 aromatic heterocycles. The van der Waals surface area contributed by atoms with Gasteiger partial charge in [-0.25, -0.2) is 4.79 Å². The number of benzene rings is 1. The van der Waals surface area contributed by atoms with Crippen LogP contribution < -0.4 is 10.6 Å². The van der Waals surface area contributed by atoms with Gasteiger partial charge in [-0.1, -0.05) is 30.7 Å². The molecule has 1 heterocycles. The van der Waals surface area contributed by atoms with Gasteiger partial charge in [-0.2, -0.15) is 13.2 Å². The fourth-order valence-electron chi connectivity index (χ4n) is 3.04. The first-order valence-corrected chi connectivity index (χ1v) is 8.73. The predicted octanol–water partition coefficient (Wildman–Crippen LogP) is 3.97. The van der Waals surface area contributed by atoms with Crippen LogP contribution in [-0.4, -0.2) is 43.3 Å². The highest BCUT2D eigenvalue weighted by Crippen LogP contribution is 2.22. The van der Waals surface area contributed by atoms with Crippen molar-refractivity contribution in [3.63, 3.8) is 0 Å². The molecule has 140 valence electrons. The average Bonchev–Trinajstić information content (AvgIpc) is 2.97. The molecule has 0 spiro atoms. The number of rotatable bonds is 6. The summed E-state index contributed by atoms with van der Waals surface area (Å²) in [6.45, 7) is 2.22. The minimum Gasteiger partial charge on any atom is -0.338 e. The summed E-state index contributed by atoms with van der Waals surface area (Å²) in [7, 11) is 0. The summed E-state index contributed by atoms with van der Waals surface area (Å²) >= 11 is 5.87. The minimum absolute atomic E-state index is 0.0451.